The van der Waals surface area contributed by atoms with Gasteiger partial charge in [-0.15, -0.1) is 0 Å². The van der Waals surface area contributed by atoms with E-state index in [1.807, 2.05) is 11.8 Å². The van der Waals surface area contributed by atoms with E-state index < -0.39 is 0 Å². The second-order valence-corrected chi connectivity index (χ2v) is 8.30. The normalized spacial score (nSPS) is 20.8. The molecule has 2 aliphatic rings. The van der Waals surface area contributed by atoms with Crippen molar-refractivity contribution in [2.24, 2.45) is 0 Å². The summed E-state index contributed by atoms with van der Waals surface area (Å²) in [5.41, 5.74) is 1.04. The van der Waals surface area contributed by atoms with E-state index in [1.54, 1.807) is 12.1 Å². The number of amides is 1. The zero-order valence-electron chi connectivity index (χ0n) is 14.6. The van der Waals surface area contributed by atoms with E-state index in [4.69, 9.17) is 0 Å². The van der Waals surface area contributed by atoms with E-state index in [9.17, 15) is 14.9 Å². The maximum absolute atomic E-state index is 12.2. The molecular formula is C18H25N3O3S. The van der Waals surface area contributed by atoms with Gasteiger partial charge >= 0.3 is 0 Å². The fourth-order valence-corrected chi connectivity index (χ4v) is 4.36. The summed E-state index contributed by atoms with van der Waals surface area (Å²) in [6.45, 7) is 3.80. The number of benzene rings is 1. The van der Waals surface area contributed by atoms with Crippen LogP contribution in [0.3, 0.4) is 0 Å². The molecule has 7 heteroatoms. The van der Waals surface area contributed by atoms with Crippen LogP contribution in [0.4, 0.5) is 11.4 Å². The number of rotatable bonds is 6. The lowest BCUT2D eigenvalue weighted by molar-refractivity contribution is -0.384. The number of nitrogens with one attached hydrogen (secondary N) is 1. The Kier molecular flexibility index (Phi) is 5.83. The molecular weight excluding hydrogens is 338 g/mol. The van der Waals surface area contributed by atoms with Gasteiger partial charge in [0.2, 0.25) is 0 Å². The zero-order chi connectivity index (χ0) is 17.8. The average Bonchev–Trinajstić information content (AvgIpc) is 3.42. The van der Waals surface area contributed by atoms with E-state index >= 15 is 0 Å². The summed E-state index contributed by atoms with van der Waals surface area (Å²) in [4.78, 5) is 25.6. The number of anilines is 1. The van der Waals surface area contributed by atoms with Crippen molar-refractivity contribution < 1.29 is 9.72 Å². The molecule has 1 aliphatic heterocycles. The van der Waals surface area contributed by atoms with Crippen LogP contribution in [0.15, 0.2) is 18.2 Å². The minimum Gasteiger partial charge on any atom is -0.365 e. The topological polar surface area (TPSA) is 75.5 Å². The number of nitro groups is 1. The summed E-state index contributed by atoms with van der Waals surface area (Å²) in [5, 5.41) is 15.0. The third kappa shape index (κ3) is 4.66. The number of hydrogen-bond donors (Lipinski definition) is 1. The number of nitrogens with zero attached hydrogens (tertiary/aromatic N) is 2. The molecule has 1 saturated heterocycles. The number of hydrogen-bond acceptors (Lipinski definition) is 5. The fourth-order valence-electron chi connectivity index (χ4n) is 3.27. The number of nitro benzene ring substituents is 1. The number of carbonyl (C=O) groups is 1. The van der Waals surface area contributed by atoms with Gasteiger partial charge in [0.05, 0.1) is 4.92 Å². The van der Waals surface area contributed by atoms with Gasteiger partial charge in [-0.25, -0.2) is 0 Å². The Morgan fingerprint density at radius 2 is 2.16 bits per heavy atom. The molecule has 1 amide bonds. The summed E-state index contributed by atoms with van der Waals surface area (Å²) in [6, 6.07) is 5.13. The van der Waals surface area contributed by atoms with Gasteiger partial charge in [0.1, 0.15) is 5.69 Å². The summed E-state index contributed by atoms with van der Waals surface area (Å²) in [6.07, 6.45) is 5.35. The van der Waals surface area contributed by atoms with Gasteiger partial charge < -0.3 is 10.2 Å². The molecule has 0 bridgehead atoms. The highest BCUT2D eigenvalue weighted by Gasteiger charge is 2.27. The molecule has 1 aliphatic carbocycles. The van der Waals surface area contributed by atoms with Crippen LogP contribution in [0.2, 0.25) is 0 Å². The highest BCUT2D eigenvalue weighted by Crippen LogP contribution is 2.33. The Morgan fingerprint density at radius 1 is 1.36 bits per heavy atom. The fraction of sp³-hybridized carbons (Fsp3) is 0.611. The molecule has 6 nitrogen and oxygen atoms in total. The molecule has 0 aromatic heterocycles. The van der Waals surface area contributed by atoms with Crippen molar-refractivity contribution in [2.45, 2.75) is 50.3 Å². The molecule has 0 spiro atoms. The molecule has 1 heterocycles. The standard InChI is InChI=1S/C18H25N3O3S/c1-2-25-15-5-3-4-10-20(12-15)16-9-6-13(11-17(16)21(23)24)18(22)19-14-7-8-14/h6,9,11,14-15H,2-5,7-8,10,12H2,1H3,(H,19,22). The highest BCUT2D eigenvalue weighted by molar-refractivity contribution is 7.99. The van der Waals surface area contributed by atoms with Crippen molar-refractivity contribution in [3.05, 3.63) is 33.9 Å². The van der Waals surface area contributed by atoms with Gasteiger partial charge in [-0.1, -0.05) is 13.3 Å². The van der Waals surface area contributed by atoms with E-state index in [-0.39, 0.29) is 22.6 Å². The van der Waals surface area contributed by atoms with Gasteiger partial charge in [0, 0.05) is 36.0 Å². The zero-order valence-corrected chi connectivity index (χ0v) is 15.4. The number of carbonyl (C=O) groups excluding carboxylic acids is 1. The van der Waals surface area contributed by atoms with E-state index in [0.717, 1.165) is 50.9 Å². The Hall–Kier alpha value is -1.76. The Morgan fingerprint density at radius 3 is 2.84 bits per heavy atom. The third-order valence-electron chi connectivity index (χ3n) is 4.72. The first-order valence-corrected chi connectivity index (χ1v) is 10.1. The maximum Gasteiger partial charge on any atom is 0.293 e. The predicted molar refractivity (Wildman–Crippen MR) is 102 cm³/mol. The molecule has 0 radical (unpaired) electrons. The summed E-state index contributed by atoms with van der Waals surface area (Å²) in [5.74, 6) is 0.841. The molecule has 136 valence electrons. The van der Waals surface area contributed by atoms with Crippen LogP contribution >= 0.6 is 11.8 Å². The first-order chi connectivity index (χ1) is 12.1. The van der Waals surface area contributed by atoms with Gasteiger partial charge in [-0.3, -0.25) is 14.9 Å². The number of thioether (sulfide) groups is 1. The SMILES string of the molecule is CCSC1CCCCN(c2ccc(C(=O)NC3CC3)cc2[N+](=O)[O-])C1. The molecule has 2 fully saturated rings. The first-order valence-electron chi connectivity index (χ1n) is 9.04. The van der Waals surface area contributed by atoms with Crippen molar-refractivity contribution in [1.82, 2.24) is 5.32 Å². The van der Waals surface area contributed by atoms with Crippen LogP contribution in [0, 0.1) is 10.1 Å². The van der Waals surface area contributed by atoms with E-state index in [1.165, 1.54) is 6.07 Å². The quantitative estimate of drug-likeness (QED) is 0.617. The Balaban J connectivity index is 1.83. The first kappa shape index (κ1) is 18.0. The second-order valence-electron chi connectivity index (χ2n) is 6.73. The summed E-state index contributed by atoms with van der Waals surface area (Å²) >= 11 is 1.92. The molecule has 25 heavy (non-hydrogen) atoms. The highest BCUT2D eigenvalue weighted by atomic mass is 32.2. The van der Waals surface area contributed by atoms with Gasteiger partial charge in [-0.05, 0) is 43.6 Å². The van der Waals surface area contributed by atoms with Crippen molar-refractivity contribution in [1.29, 1.82) is 0 Å². The minimum atomic E-state index is -0.365. The summed E-state index contributed by atoms with van der Waals surface area (Å²) < 4.78 is 0. The van der Waals surface area contributed by atoms with Crippen molar-refractivity contribution in [3.8, 4) is 0 Å². The van der Waals surface area contributed by atoms with Crippen LogP contribution in [0.25, 0.3) is 0 Å². The van der Waals surface area contributed by atoms with Crippen molar-refractivity contribution >= 4 is 29.0 Å². The van der Waals surface area contributed by atoms with Crippen LogP contribution in [-0.4, -0.2) is 41.0 Å². The monoisotopic (exact) mass is 363 g/mol. The molecule has 1 saturated carbocycles. The second kappa shape index (κ2) is 8.08. The smallest absolute Gasteiger partial charge is 0.293 e. The maximum atomic E-state index is 12.2. The largest absolute Gasteiger partial charge is 0.365 e. The lowest BCUT2D eigenvalue weighted by Crippen LogP contribution is -2.30. The summed E-state index contributed by atoms with van der Waals surface area (Å²) in [7, 11) is 0. The van der Waals surface area contributed by atoms with E-state index in [0.29, 0.717) is 16.5 Å². The predicted octanol–water partition coefficient (Wildman–Crippen LogP) is 3.60. The molecule has 1 N–H and O–H groups in total. The van der Waals surface area contributed by atoms with Crippen LogP contribution < -0.4 is 10.2 Å². The lowest BCUT2D eigenvalue weighted by Gasteiger charge is -2.26. The van der Waals surface area contributed by atoms with Gasteiger partial charge in [-0.2, -0.15) is 11.8 Å². The van der Waals surface area contributed by atoms with Crippen LogP contribution in [0.5, 0.6) is 0 Å². The Labute approximate surface area is 152 Å². The van der Waals surface area contributed by atoms with Gasteiger partial charge in [0.15, 0.2) is 0 Å². The van der Waals surface area contributed by atoms with Crippen LogP contribution in [-0.2, 0) is 0 Å². The lowest BCUT2D eigenvalue weighted by atomic mass is 10.1. The molecule has 3 rings (SSSR count). The Bertz CT molecular complexity index is 648. The van der Waals surface area contributed by atoms with E-state index in [2.05, 4.69) is 17.1 Å². The minimum absolute atomic E-state index is 0.0330. The molecule has 1 unspecified atom stereocenters. The van der Waals surface area contributed by atoms with Crippen molar-refractivity contribution in [2.75, 3.05) is 23.7 Å². The molecule has 1 atom stereocenters. The molecule has 1 aromatic carbocycles. The van der Waals surface area contributed by atoms with Gasteiger partial charge in [0.25, 0.3) is 11.6 Å². The average molecular weight is 363 g/mol. The van der Waals surface area contributed by atoms with Crippen LogP contribution in [0.1, 0.15) is 49.4 Å². The third-order valence-corrected chi connectivity index (χ3v) is 5.91. The molecule has 1 aromatic rings. The van der Waals surface area contributed by atoms with Crippen molar-refractivity contribution in [3.63, 3.8) is 0 Å².